The molecule has 0 saturated carbocycles. The number of benzene rings is 2. The molecule has 0 aliphatic carbocycles. The van der Waals surface area contributed by atoms with Crippen molar-refractivity contribution >= 4 is 40.1 Å². The monoisotopic (exact) mass is 396 g/mol. The number of halogens is 1. The van der Waals surface area contributed by atoms with Crippen molar-refractivity contribution in [3.63, 3.8) is 0 Å². The number of esters is 1. The van der Waals surface area contributed by atoms with Crippen LogP contribution in [0.15, 0.2) is 66.1 Å². The summed E-state index contributed by atoms with van der Waals surface area (Å²) in [5.74, 6) is -1.11. The molecule has 142 valence electrons. The van der Waals surface area contributed by atoms with Crippen LogP contribution < -0.4 is 4.90 Å². The van der Waals surface area contributed by atoms with Crippen molar-refractivity contribution in [2.45, 2.75) is 13.5 Å². The van der Waals surface area contributed by atoms with Gasteiger partial charge in [-0.3, -0.25) is 9.69 Å². The van der Waals surface area contributed by atoms with Crippen molar-refractivity contribution in [3.8, 4) is 0 Å². The van der Waals surface area contributed by atoms with Crippen molar-refractivity contribution in [1.29, 1.82) is 0 Å². The molecule has 0 fully saturated rings. The fourth-order valence-corrected chi connectivity index (χ4v) is 3.31. The molecule has 0 bridgehead atoms. The molecule has 0 saturated heterocycles. The number of amides is 1. The highest BCUT2D eigenvalue weighted by Crippen LogP contribution is 2.28. The lowest BCUT2D eigenvalue weighted by Gasteiger charge is -2.17. The van der Waals surface area contributed by atoms with Crippen LogP contribution in [0.2, 0.25) is 0 Å². The number of hydrogen-bond donors (Lipinski definition) is 0. The first-order chi connectivity index (χ1) is 13.5. The third-order valence-corrected chi connectivity index (χ3v) is 4.56. The van der Waals surface area contributed by atoms with Gasteiger partial charge in [-0.05, 0) is 35.9 Å². The minimum absolute atomic E-state index is 0.0244. The van der Waals surface area contributed by atoms with Gasteiger partial charge in [0.05, 0.1) is 11.4 Å². The van der Waals surface area contributed by atoms with Gasteiger partial charge in [0.2, 0.25) is 5.91 Å². The number of aromatic nitrogens is 1. The molecule has 0 aliphatic rings. The molecule has 5 nitrogen and oxygen atoms in total. The molecule has 1 amide bonds. The number of anilines is 2. The highest BCUT2D eigenvalue weighted by Gasteiger charge is 2.17. The highest BCUT2D eigenvalue weighted by molar-refractivity contribution is 7.14. The highest BCUT2D eigenvalue weighted by atomic mass is 32.1. The maximum atomic E-state index is 13.1. The van der Waals surface area contributed by atoms with Crippen LogP contribution in [0.3, 0.4) is 0 Å². The number of thiazole rings is 1. The van der Waals surface area contributed by atoms with Crippen LogP contribution in [-0.4, -0.2) is 16.9 Å². The first kappa shape index (κ1) is 19.4. The number of hydrogen-bond acceptors (Lipinski definition) is 5. The van der Waals surface area contributed by atoms with E-state index in [1.807, 2.05) is 30.3 Å². The van der Waals surface area contributed by atoms with Crippen molar-refractivity contribution in [2.24, 2.45) is 0 Å². The standard InChI is InChI=1S/C21H17FN2O3S/c1-15(25)24(19-8-3-2-4-9-19)21-23-18(14-28-21)13-27-20(26)11-10-16-6-5-7-17(22)12-16/h2-12,14H,13H2,1H3/b11-10+. The predicted molar refractivity (Wildman–Crippen MR) is 107 cm³/mol. The average Bonchev–Trinajstić information content (AvgIpc) is 3.14. The second-order valence-corrected chi connectivity index (χ2v) is 6.64. The molecule has 3 aromatic rings. The Balaban J connectivity index is 1.62. The number of nitrogens with zero attached hydrogens (tertiary/aromatic N) is 2. The number of para-hydroxylation sites is 1. The first-order valence-corrected chi connectivity index (χ1v) is 9.31. The minimum Gasteiger partial charge on any atom is -0.456 e. The quantitative estimate of drug-likeness (QED) is 0.447. The second kappa shape index (κ2) is 9.05. The Morgan fingerprint density at radius 2 is 1.96 bits per heavy atom. The third kappa shape index (κ3) is 5.11. The van der Waals surface area contributed by atoms with E-state index in [2.05, 4.69) is 4.98 Å². The molecule has 0 N–H and O–H groups in total. The van der Waals surface area contributed by atoms with Crippen LogP contribution in [0, 0.1) is 5.82 Å². The number of carbonyl (C=O) groups is 2. The van der Waals surface area contributed by atoms with Gasteiger partial charge in [-0.25, -0.2) is 14.2 Å². The summed E-state index contributed by atoms with van der Waals surface area (Å²) in [7, 11) is 0. The normalized spacial score (nSPS) is 10.8. The fourth-order valence-electron chi connectivity index (χ4n) is 2.44. The number of rotatable bonds is 6. The maximum Gasteiger partial charge on any atom is 0.331 e. The molecular weight excluding hydrogens is 379 g/mol. The summed E-state index contributed by atoms with van der Waals surface area (Å²) in [5.41, 5.74) is 1.81. The van der Waals surface area contributed by atoms with Gasteiger partial charge in [0.25, 0.3) is 0 Å². The van der Waals surface area contributed by atoms with Crippen molar-refractivity contribution in [1.82, 2.24) is 4.98 Å². The van der Waals surface area contributed by atoms with E-state index >= 15 is 0 Å². The van der Waals surface area contributed by atoms with Crippen LogP contribution in [0.25, 0.3) is 6.08 Å². The lowest BCUT2D eigenvalue weighted by Crippen LogP contribution is -2.22. The van der Waals surface area contributed by atoms with Crippen LogP contribution in [0.4, 0.5) is 15.2 Å². The number of carbonyl (C=O) groups excluding carboxylic acids is 2. The largest absolute Gasteiger partial charge is 0.456 e. The van der Waals surface area contributed by atoms with Gasteiger partial charge in [0, 0.05) is 18.4 Å². The predicted octanol–water partition coefficient (Wildman–Crippen LogP) is 4.72. The third-order valence-electron chi connectivity index (χ3n) is 3.68. The Morgan fingerprint density at radius 3 is 2.68 bits per heavy atom. The summed E-state index contributed by atoms with van der Waals surface area (Å²) in [5, 5.41) is 2.23. The van der Waals surface area contributed by atoms with Gasteiger partial charge in [0.1, 0.15) is 12.4 Å². The maximum absolute atomic E-state index is 13.1. The van der Waals surface area contributed by atoms with E-state index in [1.54, 1.807) is 17.5 Å². The first-order valence-electron chi connectivity index (χ1n) is 8.43. The minimum atomic E-state index is -0.565. The zero-order valence-electron chi connectivity index (χ0n) is 15.0. The zero-order valence-corrected chi connectivity index (χ0v) is 15.9. The molecule has 3 rings (SSSR count). The fraction of sp³-hybridized carbons (Fsp3) is 0.0952. The summed E-state index contributed by atoms with van der Waals surface area (Å²) in [6.07, 6.45) is 2.71. The molecule has 1 aromatic heterocycles. The second-order valence-electron chi connectivity index (χ2n) is 5.81. The van der Waals surface area contributed by atoms with E-state index in [0.29, 0.717) is 22.1 Å². The summed E-state index contributed by atoms with van der Waals surface area (Å²) in [6.45, 7) is 1.44. The van der Waals surface area contributed by atoms with Gasteiger partial charge in [-0.15, -0.1) is 11.3 Å². The van der Waals surface area contributed by atoms with Crippen molar-refractivity contribution in [3.05, 3.63) is 83.1 Å². The zero-order chi connectivity index (χ0) is 19.9. The van der Waals surface area contributed by atoms with E-state index in [9.17, 15) is 14.0 Å². The van der Waals surface area contributed by atoms with E-state index in [1.165, 1.54) is 47.4 Å². The molecule has 1 heterocycles. The topological polar surface area (TPSA) is 59.5 Å². The molecule has 0 spiro atoms. The Hall–Kier alpha value is -3.32. The van der Waals surface area contributed by atoms with E-state index in [-0.39, 0.29) is 18.3 Å². The molecule has 28 heavy (non-hydrogen) atoms. The smallest absolute Gasteiger partial charge is 0.331 e. The summed E-state index contributed by atoms with van der Waals surface area (Å²) in [6, 6.07) is 15.1. The van der Waals surface area contributed by atoms with Gasteiger partial charge < -0.3 is 4.74 Å². The molecule has 0 radical (unpaired) electrons. The summed E-state index contributed by atoms with van der Waals surface area (Å²) < 4.78 is 18.3. The average molecular weight is 396 g/mol. The molecule has 0 unspecified atom stereocenters. The lowest BCUT2D eigenvalue weighted by molar-refractivity contribution is -0.139. The molecular formula is C21H17FN2O3S. The summed E-state index contributed by atoms with van der Waals surface area (Å²) in [4.78, 5) is 29.8. The SMILES string of the molecule is CC(=O)N(c1ccccc1)c1nc(COC(=O)/C=C/c2cccc(F)c2)cs1. The molecule has 7 heteroatoms. The Labute approximate surface area is 165 Å². The summed E-state index contributed by atoms with van der Waals surface area (Å²) >= 11 is 1.29. The van der Waals surface area contributed by atoms with Crippen LogP contribution in [0.1, 0.15) is 18.2 Å². The molecule has 2 aromatic carbocycles. The lowest BCUT2D eigenvalue weighted by atomic mass is 10.2. The molecule has 0 aliphatic heterocycles. The van der Waals surface area contributed by atoms with E-state index in [0.717, 1.165) is 0 Å². The van der Waals surface area contributed by atoms with Gasteiger partial charge in [0.15, 0.2) is 5.13 Å². The van der Waals surface area contributed by atoms with E-state index in [4.69, 9.17) is 4.74 Å². The Morgan fingerprint density at radius 1 is 1.18 bits per heavy atom. The van der Waals surface area contributed by atoms with Gasteiger partial charge >= 0.3 is 5.97 Å². The van der Waals surface area contributed by atoms with Crippen LogP contribution in [-0.2, 0) is 20.9 Å². The number of ether oxygens (including phenoxy) is 1. The van der Waals surface area contributed by atoms with E-state index < -0.39 is 5.97 Å². The Bertz CT molecular complexity index is 1000. The van der Waals surface area contributed by atoms with Crippen LogP contribution >= 0.6 is 11.3 Å². The van der Waals surface area contributed by atoms with Crippen LogP contribution in [0.5, 0.6) is 0 Å². The van der Waals surface area contributed by atoms with Crippen molar-refractivity contribution < 1.29 is 18.7 Å². The Kier molecular flexibility index (Phi) is 6.29. The molecule has 0 atom stereocenters. The van der Waals surface area contributed by atoms with Crippen molar-refractivity contribution in [2.75, 3.05) is 4.90 Å². The van der Waals surface area contributed by atoms with Gasteiger partial charge in [-0.1, -0.05) is 30.3 Å². The van der Waals surface area contributed by atoms with Gasteiger partial charge in [-0.2, -0.15) is 0 Å².